The van der Waals surface area contributed by atoms with Crippen molar-refractivity contribution in [2.45, 2.75) is 25.2 Å². The quantitative estimate of drug-likeness (QED) is 0.530. The summed E-state index contributed by atoms with van der Waals surface area (Å²) in [4.78, 5) is 26.7. The number of carbonyl (C=O) groups is 2. The molecule has 2 amide bonds. The van der Waals surface area contributed by atoms with Crippen molar-refractivity contribution in [1.82, 2.24) is 10.4 Å². The van der Waals surface area contributed by atoms with Crippen LogP contribution in [0.3, 0.4) is 0 Å². The number of nitrogens with one attached hydrogen (secondary N) is 1. The SMILES string of the molecule is COc1ccc([C@@H](C(=O)N2CCCCC2)[C@@H](CO)C(=O)NO)cc1. The van der Waals surface area contributed by atoms with E-state index >= 15 is 0 Å². The lowest BCUT2D eigenvalue weighted by Crippen LogP contribution is -2.45. The van der Waals surface area contributed by atoms with E-state index in [1.807, 2.05) is 0 Å². The number of hydrogen-bond acceptors (Lipinski definition) is 5. The fraction of sp³-hybridized carbons (Fsp3) is 0.529. The van der Waals surface area contributed by atoms with Gasteiger partial charge in [0, 0.05) is 13.1 Å². The van der Waals surface area contributed by atoms with Crippen LogP contribution in [0.25, 0.3) is 0 Å². The van der Waals surface area contributed by atoms with E-state index in [1.54, 1.807) is 41.8 Å². The molecule has 0 bridgehead atoms. The topological polar surface area (TPSA) is 99.1 Å². The summed E-state index contributed by atoms with van der Waals surface area (Å²) in [7, 11) is 1.54. The molecule has 1 saturated heterocycles. The lowest BCUT2D eigenvalue weighted by atomic mass is 9.84. The molecule has 2 rings (SSSR count). The van der Waals surface area contributed by atoms with Crippen LogP contribution in [0.5, 0.6) is 5.75 Å². The normalized spacial score (nSPS) is 17.0. The maximum absolute atomic E-state index is 13.0. The Labute approximate surface area is 141 Å². The van der Waals surface area contributed by atoms with Gasteiger partial charge in [-0.25, -0.2) is 5.48 Å². The molecule has 132 valence electrons. The van der Waals surface area contributed by atoms with Crippen LogP contribution in [0, 0.1) is 5.92 Å². The number of rotatable bonds is 6. The van der Waals surface area contributed by atoms with Gasteiger partial charge >= 0.3 is 0 Å². The van der Waals surface area contributed by atoms with Crippen molar-refractivity contribution >= 4 is 11.8 Å². The van der Waals surface area contributed by atoms with Crippen molar-refractivity contribution in [2.75, 3.05) is 26.8 Å². The van der Waals surface area contributed by atoms with E-state index in [0.29, 0.717) is 24.4 Å². The monoisotopic (exact) mass is 336 g/mol. The number of carbonyl (C=O) groups excluding carboxylic acids is 2. The Kier molecular flexibility index (Phi) is 6.57. The number of ether oxygens (including phenoxy) is 1. The zero-order chi connectivity index (χ0) is 17.5. The number of aliphatic hydroxyl groups excluding tert-OH is 1. The van der Waals surface area contributed by atoms with E-state index in [1.165, 1.54) is 0 Å². The fourth-order valence-electron chi connectivity index (χ4n) is 3.09. The molecule has 3 N–H and O–H groups in total. The number of likely N-dealkylation sites (tertiary alicyclic amines) is 1. The Morgan fingerprint density at radius 1 is 1.21 bits per heavy atom. The molecule has 1 fully saturated rings. The van der Waals surface area contributed by atoms with Crippen molar-refractivity contribution in [2.24, 2.45) is 5.92 Å². The molecule has 1 aromatic carbocycles. The van der Waals surface area contributed by atoms with Gasteiger partial charge in [0.15, 0.2) is 0 Å². The van der Waals surface area contributed by atoms with Crippen molar-refractivity contribution in [1.29, 1.82) is 0 Å². The predicted molar refractivity (Wildman–Crippen MR) is 86.7 cm³/mol. The number of hydroxylamine groups is 1. The van der Waals surface area contributed by atoms with Gasteiger partial charge in [-0.3, -0.25) is 14.8 Å². The molecule has 0 saturated carbocycles. The summed E-state index contributed by atoms with van der Waals surface area (Å²) in [5.74, 6) is -2.26. The minimum absolute atomic E-state index is 0.206. The second-order valence-electron chi connectivity index (χ2n) is 5.90. The fourth-order valence-corrected chi connectivity index (χ4v) is 3.09. The number of benzene rings is 1. The lowest BCUT2D eigenvalue weighted by Gasteiger charge is -2.33. The molecule has 1 aliphatic rings. The molecular weight excluding hydrogens is 312 g/mol. The van der Waals surface area contributed by atoms with Crippen molar-refractivity contribution in [3.8, 4) is 5.75 Å². The van der Waals surface area contributed by atoms with Gasteiger partial charge in [0.05, 0.1) is 25.6 Å². The maximum Gasteiger partial charge on any atom is 0.249 e. The summed E-state index contributed by atoms with van der Waals surface area (Å²) in [5.41, 5.74) is 2.16. The third-order valence-electron chi connectivity index (χ3n) is 4.45. The van der Waals surface area contributed by atoms with Gasteiger partial charge in [0.2, 0.25) is 11.8 Å². The molecule has 7 nitrogen and oxygen atoms in total. The van der Waals surface area contributed by atoms with Gasteiger partial charge in [-0.1, -0.05) is 12.1 Å². The van der Waals surface area contributed by atoms with Crippen molar-refractivity contribution in [3.05, 3.63) is 29.8 Å². The van der Waals surface area contributed by atoms with E-state index in [-0.39, 0.29) is 5.91 Å². The molecular formula is C17H24N2O5. The highest BCUT2D eigenvalue weighted by Crippen LogP contribution is 2.30. The van der Waals surface area contributed by atoms with E-state index in [2.05, 4.69) is 0 Å². The molecule has 24 heavy (non-hydrogen) atoms. The predicted octanol–water partition coefficient (Wildman–Crippen LogP) is 0.905. The highest BCUT2D eigenvalue weighted by atomic mass is 16.5. The molecule has 2 atom stereocenters. The van der Waals surface area contributed by atoms with E-state index in [9.17, 15) is 14.7 Å². The highest BCUT2D eigenvalue weighted by Gasteiger charge is 2.37. The molecule has 7 heteroatoms. The average molecular weight is 336 g/mol. The van der Waals surface area contributed by atoms with Crippen molar-refractivity contribution < 1.29 is 24.6 Å². The number of hydrogen-bond donors (Lipinski definition) is 3. The zero-order valence-corrected chi connectivity index (χ0v) is 13.8. The van der Waals surface area contributed by atoms with E-state index < -0.39 is 24.3 Å². The Hall–Kier alpha value is -2.12. The highest BCUT2D eigenvalue weighted by molar-refractivity contribution is 5.91. The number of piperidine rings is 1. The number of nitrogens with zero attached hydrogens (tertiary/aromatic N) is 1. The van der Waals surface area contributed by atoms with E-state index in [4.69, 9.17) is 9.94 Å². The molecule has 1 aliphatic heterocycles. The standard InChI is InChI=1S/C17H24N2O5/c1-24-13-7-5-12(6-8-13)15(14(11-20)16(21)18-23)17(22)19-9-3-2-4-10-19/h5-8,14-15,20,23H,2-4,9-11H2,1H3,(H,18,21)/t14-,15-/m1/s1. The Morgan fingerprint density at radius 3 is 2.33 bits per heavy atom. The average Bonchev–Trinajstić information content (AvgIpc) is 2.65. The van der Waals surface area contributed by atoms with Crippen LogP contribution in [0.4, 0.5) is 0 Å². The Morgan fingerprint density at radius 2 is 1.83 bits per heavy atom. The van der Waals surface area contributed by atoms with Gasteiger partial charge in [-0.2, -0.15) is 0 Å². The molecule has 1 aromatic rings. The third-order valence-corrected chi connectivity index (χ3v) is 4.45. The van der Waals surface area contributed by atoms with Gasteiger partial charge < -0.3 is 14.7 Å². The minimum Gasteiger partial charge on any atom is -0.497 e. The second-order valence-corrected chi connectivity index (χ2v) is 5.90. The second kappa shape index (κ2) is 8.65. The maximum atomic E-state index is 13.0. The van der Waals surface area contributed by atoms with Gasteiger partial charge in [0.25, 0.3) is 0 Å². The Bertz CT molecular complexity index is 555. The van der Waals surface area contributed by atoms with Crippen molar-refractivity contribution in [3.63, 3.8) is 0 Å². The van der Waals surface area contributed by atoms with E-state index in [0.717, 1.165) is 19.3 Å². The van der Waals surface area contributed by atoms with Crippen LogP contribution >= 0.6 is 0 Å². The summed E-state index contributed by atoms with van der Waals surface area (Å²) in [6, 6.07) is 6.82. The summed E-state index contributed by atoms with van der Waals surface area (Å²) in [5, 5.41) is 18.6. The number of amides is 2. The van der Waals surface area contributed by atoms with Gasteiger partial charge in [-0.15, -0.1) is 0 Å². The largest absolute Gasteiger partial charge is 0.497 e. The first kappa shape index (κ1) is 18.2. The van der Waals surface area contributed by atoms with Gasteiger partial charge in [-0.05, 0) is 37.0 Å². The first-order valence-electron chi connectivity index (χ1n) is 8.10. The molecule has 0 aliphatic carbocycles. The Balaban J connectivity index is 2.34. The number of aliphatic hydroxyl groups is 1. The summed E-state index contributed by atoms with van der Waals surface area (Å²) in [6.07, 6.45) is 2.94. The third kappa shape index (κ3) is 4.04. The molecule has 0 unspecified atom stereocenters. The van der Waals surface area contributed by atoms with Crippen LogP contribution in [-0.2, 0) is 9.59 Å². The minimum atomic E-state index is -1.06. The summed E-state index contributed by atoms with van der Waals surface area (Å²) >= 11 is 0. The summed E-state index contributed by atoms with van der Waals surface area (Å²) < 4.78 is 5.12. The molecule has 0 aromatic heterocycles. The lowest BCUT2D eigenvalue weighted by molar-refractivity contribution is -0.143. The molecule has 1 heterocycles. The number of methoxy groups -OCH3 is 1. The van der Waals surface area contributed by atoms with Crippen LogP contribution in [0.2, 0.25) is 0 Å². The summed E-state index contributed by atoms with van der Waals surface area (Å²) in [6.45, 7) is 0.747. The zero-order valence-electron chi connectivity index (χ0n) is 13.8. The van der Waals surface area contributed by atoms with Crippen LogP contribution in [0.1, 0.15) is 30.7 Å². The first-order chi connectivity index (χ1) is 11.6. The van der Waals surface area contributed by atoms with Crippen LogP contribution < -0.4 is 10.2 Å². The smallest absolute Gasteiger partial charge is 0.249 e. The molecule has 0 radical (unpaired) electrons. The van der Waals surface area contributed by atoms with Crippen LogP contribution in [0.15, 0.2) is 24.3 Å². The first-order valence-corrected chi connectivity index (χ1v) is 8.10. The molecule has 0 spiro atoms. The van der Waals surface area contributed by atoms with Crippen LogP contribution in [-0.4, -0.2) is 53.8 Å². The van der Waals surface area contributed by atoms with Gasteiger partial charge in [0.1, 0.15) is 5.75 Å².